The van der Waals surface area contributed by atoms with Gasteiger partial charge in [0.05, 0.1) is 5.36 Å². The molecule has 1 unspecified atom stereocenters. The number of carbonyl (C=O) groups is 2. The monoisotopic (exact) mass is 443 g/mol. The second-order valence-electron chi connectivity index (χ2n) is 7.75. The van der Waals surface area contributed by atoms with E-state index in [1.54, 1.807) is 0 Å². The van der Waals surface area contributed by atoms with Crippen LogP contribution in [-0.2, 0) is 12.5 Å². The van der Waals surface area contributed by atoms with Crippen molar-refractivity contribution in [3.05, 3.63) is 46.3 Å². The smallest absolute Gasteiger partial charge is 0.296 e. The number of pyridine rings is 1. The summed E-state index contributed by atoms with van der Waals surface area (Å²) < 4.78 is 56.6. The number of carbonyl (C=O) groups excluding carboxylic acids is 2. The van der Waals surface area contributed by atoms with Gasteiger partial charge in [-0.1, -0.05) is 0 Å². The number of alkyl halides is 4. The van der Waals surface area contributed by atoms with Crippen molar-refractivity contribution in [1.82, 2.24) is 14.5 Å². The zero-order valence-corrected chi connectivity index (χ0v) is 16.8. The van der Waals surface area contributed by atoms with E-state index in [0.29, 0.717) is 11.7 Å². The largest absolute Gasteiger partial charge is 0.428 e. The van der Waals surface area contributed by atoms with E-state index in [1.165, 1.54) is 13.0 Å². The third kappa shape index (κ3) is 4.78. The number of nitrogens with two attached hydrogens (primary N) is 1. The summed E-state index contributed by atoms with van der Waals surface area (Å²) in [5.41, 5.74) is 3.76. The van der Waals surface area contributed by atoms with Crippen molar-refractivity contribution in [1.29, 1.82) is 0 Å². The standard InChI is InChI=1S/C19H21F4N5O3/c1-10-14(17(30)25-12-4-6-28(31)13(7-12)16(24)29)27(26-15(10)18(2,20)21)9-11-3-5-19(22,23)8-11/h4,6-7,11,31H,3,5,8-9H2,1-2H3,(H2,24,29). The third-order valence-corrected chi connectivity index (χ3v) is 5.15. The molecule has 2 aromatic rings. The molecule has 1 aliphatic carbocycles. The van der Waals surface area contributed by atoms with Crippen LogP contribution in [0.15, 0.2) is 23.3 Å². The summed E-state index contributed by atoms with van der Waals surface area (Å²) in [6.45, 7) is 1.77. The molecule has 3 rings (SSSR count). The van der Waals surface area contributed by atoms with Crippen molar-refractivity contribution >= 4 is 11.8 Å². The predicted molar refractivity (Wildman–Crippen MR) is 98.8 cm³/mol. The van der Waals surface area contributed by atoms with Crippen LogP contribution in [0.25, 0.3) is 0 Å². The Morgan fingerprint density at radius 3 is 2.65 bits per heavy atom. The first-order valence-electron chi connectivity index (χ1n) is 9.43. The Morgan fingerprint density at radius 1 is 1.42 bits per heavy atom. The number of rotatable bonds is 5. The third-order valence-electron chi connectivity index (χ3n) is 5.15. The maximum absolute atomic E-state index is 14.0. The highest BCUT2D eigenvalue weighted by Gasteiger charge is 2.41. The van der Waals surface area contributed by atoms with Gasteiger partial charge in [-0.2, -0.15) is 18.6 Å². The van der Waals surface area contributed by atoms with Gasteiger partial charge in [0, 0.05) is 38.1 Å². The highest BCUT2D eigenvalue weighted by molar-refractivity contribution is 5.95. The molecule has 2 amide bonds. The van der Waals surface area contributed by atoms with Gasteiger partial charge in [0.15, 0.2) is 0 Å². The Kier molecular flexibility index (Phi) is 5.68. The molecule has 12 heteroatoms. The SMILES string of the molecule is Cc1c(C(C)(F)F)nn(CC2CCC(F)(F)C2)c1C(=O)N=c1ccn(O)c(C(N)=O)c1. The molecule has 0 spiro atoms. The molecule has 2 heterocycles. The van der Waals surface area contributed by atoms with E-state index in [2.05, 4.69) is 10.1 Å². The van der Waals surface area contributed by atoms with Crippen LogP contribution in [0.2, 0.25) is 0 Å². The molecule has 2 aromatic heterocycles. The molecule has 1 fully saturated rings. The summed E-state index contributed by atoms with van der Waals surface area (Å²) in [4.78, 5) is 28.0. The fourth-order valence-corrected chi connectivity index (χ4v) is 3.72. The van der Waals surface area contributed by atoms with E-state index in [0.717, 1.165) is 16.9 Å². The molecule has 1 atom stereocenters. The maximum atomic E-state index is 14.0. The number of hydrogen-bond donors (Lipinski definition) is 2. The fraction of sp³-hybridized carbons (Fsp3) is 0.474. The van der Waals surface area contributed by atoms with E-state index in [9.17, 15) is 32.4 Å². The van der Waals surface area contributed by atoms with Gasteiger partial charge in [0.2, 0.25) is 5.92 Å². The average molecular weight is 443 g/mol. The quantitative estimate of drug-likeness (QED) is 0.546. The summed E-state index contributed by atoms with van der Waals surface area (Å²) in [6.07, 6.45) is 0.462. The van der Waals surface area contributed by atoms with E-state index >= 15 is 0 Å². The van der Waals surface area contributed by atoms with Crippen LogP contribution in [0.4, 0.5) is 17.6 Å². The number of halogens is 4. The maximum Gasteiger partial charge on any atom is 0.296 e. The first-order chi connectivity index (χ1) is 14.3. The van der Waals surface area contributed by atoms with E-state index < -0.39 is 41.7 Å². The van der Waals surface area contributed by atoms with Crippen LogP contribution in [0.1, 0.15) is 58.4 Å². The van der Waals surface area contributed by atoms with Crippen molar-refractivity contribution < 1.29 is 32.4 Å². The number of nitrogens with zero attached hydrogens (tertiary/aromatic N) is 4. The Balaban J connectivity index is 2.04. The molecule has 168 valence electrons. The summed E-state index contributed by atoms with van der Waals surface area (Å²) >= 11 is 0. The molecule has 0 radical (unpaired) electrons. The molecule has 0 saturated heterocycles. The van der Waals surface area contributed by atoms with E-state index in [1.807, 2.05) is 0 Å². The minimum atomic E-state index is -3.36. The predicted octanol–water partition coefficient (Wildman–Crippen LogP) is 2.62. The Bertz CT molecular complexity index is 1100. The second kappa shape index (κ2) is 7.82. The lowest BCUT2D eigenvalue weighted by Crippen LogP contribution is -2.22. The van der Waals surface area contributed by atoms with Crippen molar-refractivity contribution in [2.24, 2.45) is 16.6 Å². The molecule has 0 aromatic carbocycles. The van der Waals surface area contributed by atoms with Crippen molar-refractivity contribution in [2.75, 3.05) is 0 Å². The van der Waals surface area contributed by atoms with Crippen molar-refractivity contribution in [3.8, 4) is 0 Å². The number of aromatic nitrogens is 3. The lowest BCUT2D eigenvalue weighted by Gasteiger charge is -2.12. The van der Waals surface area contributed by atoms with E-state index in [4.69, 9.17) is 5.73 Å². The minimum absolute atomic E-state index is 0.0616. The van der Waals surface area contributed by atoms with E-state index in [-0.39, 0.29) is 41.7 Å². The number of primary amides is 1. The molecule has 1 saturated carbocycles. The van der Waals surface area contributed by atoms with Crippen molar-refractivity contribution in [3.63, 3.8) is 0 Å². The lowest BCUT2D eigenvalue weighted by atomic mass is 10.1. The van der Waals surface area contributed by atoms with Gasteiger partial charge in [0.25, 0.3) is 17.7 Å². The molecule has 3 N–H and O–H groups in total. The van der Waals surface area contributed by atoms with Gasteiger partial charge in [-0.25, -0.2) is 13.8 Å². The molecule has 8 nitrogen and oxygen atoms in total. The summed E-state index contributed by atoms with van der Waals surface area (Å²) in [6, 6.07) is 2.25. The Hall–Kier alpha value is -3.18. The van der Waals surface area contributed by atoms with Crippen LogP contribution in [-0.4, -0.2) is 37.5 Å². The van der Waals surface area contributed by atoms with Gasteiger partial charge in [0.1, 0.15) is 17.1 Å². The Labute approximate surface area is 174 Å². The molecule has 31 heavy (non-hydrogen) atoms. The van der Waals surface area contributed by atoms with Gasteiger partial charge in [-0.15, -0.1) is 0 Å². The van der Waals surface area contributed by atoms with Gasteiger partial charge < -0.3 is 10.9 Å². The highest BCUT2D eigenvalue weighted by atomic mass is 19.3. The van der Waals surface area contributed by atoms with Crippen LogP contribution < -0.4 is 11.1 Å². The zero-order chi connectivity index (χ0) is 23.1. The minimum Gasteiger partial charge on any atom is -0.428 e. The lowest BCUT2D eigenvalue weighted by molar-refractivity contribution is 0.00344. The second-order valence-corrected chi connectivity index (χ2v) is 7.75. The van der Waals surface area contributed by atoms with Gasteiger partial charge in [-0.3, -0.25) is 14.3 Å². The molecule has 0 aliphatic heterocycles. The zero-order valence-electron chi connectivity index (χ0n) is 16.8. The summed E-state index contributed by atoms with van der Waals surface area (Å²) in [5, 5.41) is 13.3. The highest BCUT2D eigenvalue weighted by Crippen LogP contribution is 2.40. The molecule has 1 aliphatic rings. The summed E-state index contributed by atoms with van der Waals surface area (Å²) in [5.74, 6) is -8.67. The Morgan fingerprint density at radius 2 is 2.10 bits per heavy atom. The van der Waals surface area contributed by atoms with Gasteiger partial charge >= 0.3 is 0 Å². The average Bonchev–Trinajstić information content (AvgIpc) is 3.15. The molecule has 0 bridgehead atoms. The van der Waals surface area contributed by atoms with Crippen LogP contribution in [0.3, 0.4) is 0 Å². The molecular weight excluding hydrogens is 422 g/mol. The molecular formula is C19H21F4N5O3. The van der Waals surface area contributed by atoms with Crippen LogP contribution >= 0.6 is 0 Å². The number of hydrogen-bond acceptors (Lipinski definition) is 4. The number of amides is 2. The fourth-order valence-electron chi connectivity index (χ4n) is 3.72. The van der Waals surface area contributed by atoms with Crippen molar-refractivity contribution in [2.45, 2.75) is 51.5 Å². The topological polar surface area (TPSA) is 116 Å². The first kappa shape index (κ1) is 22.5. The van der Waals surface area contributed by atoms with Crippen LogP contribution in [0.5, 0.6) is 0 Å². The summed E-state index contributed by atoms with van der Waals surface area (Å²) in [7, 11) is 0. The normalized spacial score (nSPS) is 19.0. The van der Waals surface area contributed by atoms with Gasteiger partial charge in [-0.05, 0) is 31.4 Å². The van der Waals surface area contributed by atoms with Crippen LogP contribution in [0, 0.1) is 12.8 Å². The first-order valence-corrected chi connectivity index (χ1v) is 9.43.